The van der Waals surface area contributed by atoms with Gasteiger partial charge in [-0.15, -0.1) is 3.89 Å². The van der Waals surface area contributed by atoms with Crippen molar-refractivity contribution >= 4 is 53.7 Å². The Kier molecular flexibility index (Phi) is 4.26. The number of aromatic nitrogens is 1. The second kappa shape index (κ2) is 5.45. The Balaban J connectivity index is 2.20. The van der Waals surface area contributed by atoms with Crippen LogP contribution in [0.2, 0.25) is 0 Å². The maximum Gasteiger partial charge on any atom is 0.302 e. The van der Waals surface area contributed by atoms with Crippen LogP contribution in [0, 0.1) is 5.92 Å². The van der Waals surface area contributed by atoms with Gasteiger partial charge in [-0.05, 0) is 44.0 Å². The fourth-order valence-corrected chi connectivity index (χ4v) is 3.88. The van der Waals surface area contributed by atoms with Crippen molar-refractivity contribution in [1.82, 2.24) is 4.98 Å². The summed E-state index contributed by atoms with van der Waals surface area (Å²) in [6, 6.07) is 3.36. The number of nitrogens with zero attached hydrogens (tertiary/aromatic N) is 2. The van der Waals surface area contributed by atoms with E-state index in [4.69, 9.17) is 0 Å². The first-order chi connectivity index (χ1) is 8.76. The predicted octanol–water partition coefficient (Wildman–Crippen LogP) is 2.26. The van der Waals surface area contributed by atoms with Gasteiger partial charge in [0.2, 0.25) is 5.91 Å². The van der Waals surface area contributed by atoms with Crippen LogP contribution in [0.25, 0.3) is 0 Å². The minimum absolute atomic E-state index is 0.0195. The molecular formula is C10H9Br2FN2O3S. The number of carbonyl (C=O) groups is 1. The van der Waals surface area contributed by atoms with Crippen molar-refractivity contribution in [3.63, 3.8) is 0 Å². The molecule has 1 aliphatic rings. The summed E-state index contributed by atoms with van der Waals surface area (Å²) in [5, 5.41) is 0. The first-order valence-electron chi connectivity index (χ1n) is 5.31. The van der Waals surface area contributed by atoms with Crippen LogP contribution in [0.1, 0.15) is 6.42 Å². The molecule has 1 atom stereocenters. The second-order valence-corrected chi connectivity index (χ2v) is 7.20. The van der Waals surface area contributed by atoms with Gasteiger partial charge in [-0.1, -0.05) is 0 Å². The minimum atomic E-state index is -4.57. The number of carbonyl (C=O) groups excluding carboxylic acids is 1. The Labute approximate surface area is 126 Å². The van der Waals surface area contributed by atoms with E-state index in [1.165, 1.54) is 4.90 Å². The zero-order valence-corrected chi connectivity index (χ0v) is 13.5. The number of rotatable bonds is 3. The largest absolute Gasteiger partial charge is 0.310 e. The van der Waals surface area contributed by atoms with Crippen LogP contribution in [-0.2, 0) is 15.0 Å². The van der Waals surface area contributed by atoms with Crippen molar-refractivity contribution in [2.45, 2.75) is 6.42 Å². The van der Waals surface area contributed by atoms with Crippen LogP contribution in [0.3, 0.4) is 0 Å². The molecule has 1 aliphatic heterocycles. The van der Waals surface area contributed by atoms with Gasteiger partial charge < -0.3 is 4.90 Å². The third kappa shape index (κ3) is 3.73. The molecule has 0 radical (unpaired) electrons. The molecule has 0 bridgehead atoms. The van der Waals surface area contributed by atoms with Crippen molar-refractivity contribution in [3.8, 4) is 0 Å². The van der Waals surface area contributed by atoms with E-state index in [2.05, 4.69) is 36.8 Å². The van der Waals surface area contributed by atoms with Crippen molar-refractivity contribution < 1.29 is 17.1 Å². The Morgan fingerprint density at radius 1 is 1.42 bits per heavy atom. The number of anilines is 1. The van der Waals surface area contributed by atoms with Gasteiger partial charge in [0.25, 0.3) is 0 Å². The van der Waals surface area contributed by atoms with Gasteiger partial charge in [0.05, 0.1) is 11.4 Å². The molecule has 0 N–H and O–H groups in total. The normalized spacial score (nSPS) is 20.1. The molecular weight excluding hydrogens is 407 g/mol. The number of hydrogen-bond donors (Lipinski definition) is 0. The standard InChI is InChI=1S/C10H9Br2FN2O3S/c11-8-2-1-7(10(12)14-8)15-4-6(3-9(15)16)5-19(13,17)18/h1-2,6H,3-5H2. The highest BCUT2D eigenvalue weighted by atomic mass is 79.9. The van der Waals surface area contributed by atoms with E-state index >= 15 is 0 Å². The van der Waals surface area contributed by atoms with E-state index in [0.717, 1.165) is 0 Å². The van der Waals surface area contributed by atoms with Gasteiger partial charge in [0.15, 0.2) is 0 Å². The monoisotopic (exact) mass is 414 g/mol. The average molecular weight is 416 g/mol. The van der Waals surface area contributed by atoms with Crippen LogP contribution < -0.4 is 4.90 Å². The molecule has 0 aliphatic carbocycles. The lowest BCUT2D eigenvalue weighted by Crippen LogP contribution is -2.26. The maximum absolute atomic E-state index is 12.6. The lowest BCUT2D eigenvalue weighted by Gasteiger charge is -2.17. The highest BCUT2D eigenvalue weighted by molar-refractivity contribution is 9.11. The number of pyridine rings is 1. The van der Waals surface area contributed by atoms with Crippen LogP contribution in [0.5, 0.6) is 0 Å². The summed E-state index contributed by atoms with van der Waals surface area (Å²) in [7, 11) is -4.57. The van der Waals surface area contributed by atoms with Crippen LogP contribution in [0.4, 0.5) is 9.57 Å². The third-order valence-corrected chi connectivity index (χ3v) is 4.62. The molecule has 0 saturated carbocycles. The molecule has 0 aromatic carbocycles. The SMILES string of the molecule is O=C1CC(CS(=O)(=O)F)CN1c1ccc(Br)nc1Br. The van der Waals surface area contributed by atoms with E-state index in [1.807, 2.05) is 0 Å². The third-order valence-electron chi connectivity index (χ3n) is 2.73. The zero-order chi connectivity index (χ0) is 14.2. The number of halogens is 3. The summed E-state index contributed by atoms with van der Waals surface area (Å²) >= 11 is 6.44. The fourth-order valence-electron chi connectivity index (χ4n) is 2.01. The van der Waals surface area contributed by atoms with E-state index in [9.17, 15) is 17.1 Å². The van der Waals surface area contributed by atoms with E-state index in [1.54, 1.807) is 12.1 Å². The number of amides is 1. The molecule has 2 heterocycles. The highest BCUT2D eigenvalue weighted by Crippen LogP contribution is 2.31. The summed E-state index contributed by atoms with van der Waals surface area (Å²) in [4.78, 5) is 17.4. The lowest BCUT2D eigenvalue weighted by atomic mass is 10.1. The molecule has 104 valence electrons. The quantitative estimate of drug-likeness (QED) is 0.560. The zero-order valence-electron chi connectivity index (χ0n) is 9.51. The Morgan fingerprint density at radius 3 is 2.68 bits per heavy atom. The van der Waals surface area contributed by atoms with Crippen molar-refractivity contribution in [2.24, 2.45) is 5.92 Å². The molecule has 1 fully saturated rings. The average Bonchev–Trinajstić information content (AvgIpc) is 2.56. The molecule has 1 aromatic heterocycles. The van der Waals surface area contributed by atoms with Crippen LogP contribution in [0.15, 0.2) is 21.3 Å². The maximum atomic E-state index is 12.6. The fraction of sp³-hybridized carbons (Fsp3) is 0.400. The lowest BCUT2D eigenvalue weighted by molar-refractivity contribution is -0.117. The molecule has 19 heavy (non-hydrogen) atoms. The first kappa shape index (κ1) is 14.9. The first-order valence-corrected chi connectivity index (χ1v) is 8.45. The molecule has 1 aromatic rings. The Hall–Kier alpha value is -0.540. The molecule has 1 amide bonds. The summed E-state index contributed by atoms with van der Waals surface area (Å²) < 4.78 is 35.0. The molecule has 9 heteroatoms. The molecule has 5 nitrogen and oxygen atoms in total. The van der Waals surface area contributed by atoms with Gasteiger partial charge in [0.1, 0.15) is 9.21 Å². The summed E-state index contributed by atoms with van der Waals surface area (Å²) in [6.45, 7) is 0.171. The summed E-state index contributed by atoms with van der Waals surface area (Å²) in [6.07, 6.45) is 0.0195. The van der Waals surface area contributed by atoms with E-state index < -0.39 is 21.9 Å². The van der Waals surface area contributed by atoms with Gasteiger partial charge >= 0.3 is 10.2 Å². The van der Waals surface area contributed by atoms with Gasteiger partial charge in [-0.3, -0.25) is 4.79 Å². The predicted molar refractivity (Wildman–Crippen MR) is 75.0 cm³/mol. The smallest absolute Gasteiger partial charge is 0.302 e. The molecule has 2 rings (SSSR count). The Bertz CT molecular complexity index is 623. The second-order valence-electron chi connectivity index (χ2n) is 4.22. The summed E-state index contributed by atoms with van der Waals surface area (Å²) in [5.74, 6) is -1.40. The van der Waals surface area contributed by atoms with Crippen molar-refractivity contribution in [2.75, 3.05) is 17.2 Å². The number of hydrogen-bond acceptors (Lipinski definition) is 4. The van der Waals surface area contributed by atoms with Gasteiger partial charge in [-0.25, -0.2) is 4.98 Å². The topological polar surface area (TPSA) is 67.3 Å². The molecule has 0 spiro atoms. The molecule has 1 saturated heterocycles. The molecule has 1 unspecified atom stereocenters. The van der Waals surface area contributed by atoms with Crippen LogP contribution in [-0.4, -0.2) is 31.6 Å². The van der Waals surface area contributed by atoms with E-state index in [-0.39, 0.29) is 18.9 Å². The van der Waals surface area contributed by atoms with Gasteiger partial charge in [-0.2, -0.15) is 8.42 Å². The highest BCUT2D eigenvalue weighted by Gasteiger charge is 2.34. The summed E-state index contributed by atoms with van der Waals surface area (Å²) in [5.41, 5.74) is 0.548. The Morgan fingerprint density at radius 2 is 2.11 bits per heavy atom. The van der Waals surface area contributed by atoms with Crippen molar-refractivity contribution in [1.29, 1.82) is 0 Å². The van der Waals surface area contributed by atoms with Gasteiger partial charge in [0, 0.05) is 18.9 Å². The van der Waals surface area contributed by atoms with E-state index in [0.29, 0.717) is 14.9 Å². The minimum Gasteiger partial charge on any atom is -0.310 e. The van der Waals surface area contributed by atoms with Crippen molar-refractivity contribution in [3.05, 3.63) is 21.3 Å². The van der Waals surface area contributed by atoms with Crippen LogP contribution >= 0.6 is 31.9 Å².